The zero-order valence-electron chi connectivity index (χ0n) is 14.0. The quantitative estimate of drug-likeness (QED) is 0.488. The maximum atomic E-state index is 12.2. The molecule has 2 aromatic rings. The Morgan fingerprint density at radius 1 is 1.31 bits per heavy atom. The number of aldehydes is 1. The molecule has 0 aliphatic heterocycles. The molecule has 0 bridgehead atoms. The zero-order chi connectivity index (χ0) is 18.5. The summed E-state index contributed by atoms with van der Waals surface area (Å²) in [7, 11) is 0. The predicted molar refractivity (Wildman–Crippen MR) is 94.2 cm³/mol. The van der Waals surface area contributed by atoms with Crippen LogP contribution in [0.15, 0.2) is 42.5 Å². The Morgan fingerprint density at radius 3 is 2.88 bits per heavy atom. The lowest BCUT2D eigenvalue weighted by molar-refractivity contribution is -0.384. The van der Waals surface area contributed by atoms with Crippen molar-refractivity contribution in [2.24, 2.45) is 0 Å². The second kappa shape index (κ2) is 7.77. The highest BCUT2D eigenvalue weighted by Crippen LogP contribution is 2.29. The van der Waals surface area contributed by atoms with E-state index in [-0.39, 0.29) is 35.6 Å². The van der Waals surface area contributed by atoms with Crippen LogP contribution < -0.4 is 10.1 Å². The molecule has 1 N–H and O–H groups in total. The molecule has 2 aromatic carbocycles. The zero-order valence-corrected chi connectivity index (χ0v) is 14.0. The first-order valence-corrected chi connectivity index (χ1v) is 8.32. The molecular formula is C19H18N2O5. The summed E-state index contributed by atoms with van der Waals surface area (Å²) in [5, 5.41) is 13.7. The fourth-order valence-electron chi connectivity index (χ4n) is 3.16. The third kappa shape index (κ3) is 3.88. The van der Waals surface area contributed by atoms with Crippen LogP contribution in [-0.2, 0) is 11.2 Å². The Bertz CT molecular complexity index is 850. The van der Waals surface area contributed by atoms with Gasteiger partial charge in [-0.05, 0) is 36.5 Å². The van der Waals surface area contributed by atoms with Gasteiger partial charge in [0.1, 0.15) is 5.75 Å². The molecule has 7 nitrogen and oxygen atoms in total. The molecule has 0 unspecified atom stereocenters. The molecular weight excluding hydrogens is 336 g/mol. The van der Waals surface area contributed by atoms with E-state index in [1.54, 1.807) is 0 Å². The van der Waals surface area contributed by atoms with Crippen molar-refractivity contribution in [2.45, 2.75) is 25.3 Å². The molecule has 3 rings (SSSR count). The number of nitrogens with zero attached hydrogens (tertiary/aromatic N) is 1. The maximum absolute atomic E-state index is 12.2. The van der Waals surface area contributed by atoms with Crippen molar-refractivity contribution >= 4 is 17.9 Å². The number of rotatable bonds is 6. The average Bonchev–Trinajstić information content (AvgIpc) is 2.66. The summed E-state index contributed by atoms with van der Waals surface area (Å²) in [6.07, 6.45) is 3.34. The Hall–Kier alpha value is -3.22. The Balaban J connectivity index is 1.63. The number of non-ortho nitro benzene ring substituents is 1. The van der Waals surface area contributed by atoms with Crippen LogP contribution in [0.25, 0.3) is 0 Å². The molecule has 7 heteroatoms. The van der Waals surface area contributed by atoms with Gasteiger partial charge >= 0.3 is 0 Å². The molecule has 0 fully saturated rings. The first kappa shape index (κ1) is 17.6. The standard InChI is InChI=1S/C19H18N2O5/c22-11-14-10-15(21(24)25)8-9-18(14)26-12-19(23)20-17-7-3-5-13-4-1-2-6-16(13)17/h1-2,4,6,8-11,17H,3,5,7,12H2,(H,20,23)/t17-/m1/s1. The number of carbonyl (C=O) groups is 2. The van der Waals surface area contributed by atoms with Gasteiger partial charge in [0.2, 0.25) is 0 Å². The predicted octanol–water partition coefficient (Wildman–Crippen LogP) is 2.98. The van der Waals surface area contributed by atoms with Gasteiger partial charge in [-0.25, -0.2) is 0 Å². The molecule has 1 aliphatic rings. The minimum absolute atomic E-state index is 0.0370. The number of nitro benzene ring substituents is 1. The number of amides is 1. The van der Waals surface area contributed by atoms with Crippen molar-refractivity contribution in [3.05, 3.63) is 69.3 Å². The van der Waals surface area contributed by atoms with Crippen LogP contribution in [-0.4, -0.2) is 23.7 Å². The molecule has 1 atom stereocenters. The Labute approximate surface area is 150 Å². The van der Waals surface area contributed by atoms with E-state index in [1.165, 1.54) is 17.7 Å². The first-order chi connectivity index (χ1) is 12.6. The van der Waals surface area contributed by atoms with Gasteiger partial charge < -0.3 is 10.1 Å². The Morgan fingerprint density at radius 2 is 2.12 bits per heavy atom. The summed E-state index contributed by atoms with van der Waals surface area (Å²) in [6, 6.07) is 11.6. The molecule has 1 amide bonds. The van der Waals surface area contributed by atoms with E-state index >= 15 is 0 Å². The molecule has 0 saturated heterocycles. The minimum Gasteiger partial charge on any atom is -0.483 e. The second-order valence-electron chi connectivity index (χ2n) is 6.10. The van der Waals surface area contributed by atoms with Crippen LogP contribution in [0.5, 0.6) is 5.75 Å². The number of fused-ring (bicyclic) bond motifs is 1. The fourth-order valence-corrected chi connectivity index (χ4v) is 3.16. The number of nitro groups is 1. The summed E-state index contributed by atoms with van der Waals surface area (Å²) in [6.45, 7) is -0.267. The summed E-state index contributed by atoms with van der Waals surface area (Å²) >= 11 is 0. The van der Waals surface area contributed by atoms with Gasteiger partial charge in [-0.2, -0.15) is 0 Å². The van der Waals surface area contributed by atoms with Gasteiger partial charge in [0.25, 0.3) is 11.6 Å². The van der Waals surface area contributed by atoms with Crippen molar-refractivity contribution < 1.29 is 19.2 Å². The SMILES string of the molecule is O=Cc1cc([N+](=O)[O-])ccc1OCC(=O)N[C@@H]1CCCc2ccccc21. The largest absolute Gasteiger partial charge is 0.483 e. The van der Waals surface area contributed by atoms with Crippen molar-refractivity contribution in [1.29, 1.82) is 0 Å². The monoisotopic (exact) mass is 354 g/mol. The van der Waals surface area contributed by atoms with E-state index in [0.29, 0.717) is 6.29 Å². The van der Waals surface area contributed by atoms with Gasteiger partial charge in [-0.3, -0.25) is 19.7 Å². The highest BCUT2D eigenvalue weighted by Gasteiger charge is 2.21. The second-order valence-corrected chi connectivity index (χ2v) is 6.10. The number of ether oxygens (including phenoxy) is 1. The van der Waals surface area contributed by atoms with Crippen molar-refractivity contribution in [3.8, 4) is 5.75 Å². The summed E-state index contributed by atoms with van der Waals surface area (Å²) in [4.78, 5) is 33.5. The molecule has 134 valence electrons. The Kier molecular flexibility index (Phi) is 5.26. The third-order valence-corrected chi connectivity index (χ3v) is 4.39. The summed E-state index contributed by atoms with van der Waals surface area (Å²) < 4.78 is 5.39. The number of aryl methyl sites for hydroxylation is 1. The van der Waals surface area contributed by atoms with Gasteiger partial charge in [0.05, 0.1) is 16.5 Å². The van der Waals surface area contributed by atoms with Crippen LogP contribution in [0.1, 0.15) is 40.4 Å². The van der Waals surface area contributed by atoms with Crippen molar-refractivity contribution in [2.75, 3.05) is 6.61 Å². The van der Waals surface area contributed by atoms with E-state index in [9.17, 15) is 19.7 Å². The smallest absolute Gasteiger partial charge is 0.270 e. The van der Waals surface area contributed by atoms with Gasteiger partial charge in [0, 0.05) is 12.1 Å². The van der Waals surface area contributed by atoms with E-state index in [4.69, 9.17) is 4.74 Å². The van der Waals surface area contributed by atoms with E-state index in [0.717, 1.165) is 30.9 Å². The van der Waals surface area contributed by atoms with Gasteiger partial charge in [-0.1, -0.05) is 24.3 Å². The maximum Gasteiger partial charge on any atom is 0.270 e. The van der Waals surface area contributed by atoms with Crippen LogP contribution in [0.2, 0.25) is 0 Å². The molecule has 0 spiro atoms. The molecule has 0 saturated carbocycles. The average molecular weight is 354 g/mol. The number of hydrogen-bond acceptors (Lipinski definition) is 5. The normalized spacial score (nSPS) is 15.6. The number of hydrogen-bond donors (Lipinski definition) is 1. The molecule has 26 heavy (non-hydrogen) atoms. The van der Waals surface area contributed by atoms with Gasteiger partial charge in [0.15, 0.2) is 12.9 Å². The van der Waals surface area contributed by atoms with Crippen LogP contribution >= 0.6 is 0 Å². The van der Waals surface area contributed by atoms with Crippen LogP contribution in [0.3, 0.4) is 0 Å². The summed E-state index contributed by atoms with van der Waals surface area (Å²) in [5.74, 6) is -0.160. The van der Waals surface area contributed by atoms with Crippen LogP contribution in [0.4, 0.5) is 5.69 Å². The van der Waals surface area contributed by atoms with Crippen molar-refractivity contribution in [3.63, 3.8) is 0 Å². The molecule has 0 radical (unpaired) electrons. The lowest BCUT2D eigenvalue weighted by Gasteiger charge is -2.26. The van der Waals surface area contributed by atoms with Gasteiger partial charge in [-0.15, -0.1) is 0 Å². The molecule has 1 aliphatic carbocycles. The number of carbonyl (C=O) groups excluding carboxylic acids is 2. The third-order valence-electron chi connectivity index (χ3n) is 4.39. The summed E-state index contributed by atoms with van der Waals surface area (Å²) in [5.41, 5.74) is 2.19. The lowest BCUT2D eigenvalue weighted by atomic mass is 9.88. The van der Waals surface area contributed by atoms with E-state index < -0.39 is 4.92 Å². The molecule has 0 aromatic heterocycles. The van der Waals surface area contributed by atoms with Crippen molar-refractivity contribution in [1.82, 2.24) is 5.32 Å². The number of nitrogens with one attached hydrogen (secondary N) is 1. The highest BCUT2D eigenvalue weighted by molar-refractivity contribution is 5.82. The fraction of sp³-hybridized carbons (Fsp3) is 0.263. The van der Waals surface area contributed by atoms with E-state index in [1.807, 2.05) is 18.2 Å². The number of benzene rings is 2. The molecule has 0 heterocycles. The first-order valence-electron chi connectivity index (χ1n) is 8.32. The topological polar surface area (TPSA) is 98.5 Å². The van der Waals surface area contributed by atoms with Crippen LogP contribution in [0, 0.1) is 10.1 Å². The minimum atomic E-state index is -0.593. The van der Waals surface area contributed by atoms with E-state index in [2.05, 4.69) is 11.4 Å². The highest BCUT2D eigenvalue weighted by atomic mass is 16.6. The lowest BCUT2D eigenvalue weighted by Crippen LogP contribution is -2.34.